The van der Waals surface area contributed by atoms with Crippen LogP contribution in [-0.2, 0) is 35.2 Å². The van der Waals surface area contributed by atoms with Crippen molar-refractivity contribution in [1.29, 1.82) is 0 Å². The number of nitrogens with zero attached hydrogens (tertiary/aromatic N) is 1. The number of aliphatic hydroxyl groups is 2. The smallest absolute Gasteiger partial charge is 0.379 e. The zero-order valence-electron chi connectivity index (χ0n) is 21.0. The second-order valence-corrected chi connectivity index (χ2v) is 8.09. The van der Waals surface area contributed by atoms with Crippen molar-refractivity contribution in [3.63, 3.8) is 0 Å². The fourth-order valence-electron chi connectivity index (χ4n) is 3.59. The predicted octanol–water partition coefficient (Wildman–Crippen LogP) is 3.25. The molecule has 0 unspecified atom stereocenters. The Morgan fingerprint density at radius 3 is 2.00 bits per heavy atom. The van der Waals surface area contributed by atoms with Gasteiger partial charge in [-0.25, -0.2) is 14.0 Å². The Morgan fingerprint density at radius 2 is 1.44 bits per heavy atom. The van der Waals surface area contributed by atoms with Gasteiger partial charge in [-0.15, -0.1) is 0 Å². The van der Waals surface area contributed by atoms with E-state index in [1.54, 1.807) is 0 Å². The summed E-state index contributed by atoms with van der Waals surface area (Å²) in [6.45, 7) is 3.00. The van der Waals surface area contributed by atoms with Crippen LogP contribution in [0.15, 0.2) is 65.6 Å². The number of aliphatic hydroxyl groups excluding tert-OH is 2. The van der Waals surface area contributed by atoms with Crippen LogP contribution in [0.3, 0.4) is 0 Å². The third kappa shape index (κ3) is 6.83. The second kappa shape index (κ2) is 12.5. The molecule has 39 heavy (non-hydrogen) atoms. The average Bonchev–Trinajstić information content (AvgIpc) is 2.91. The van der Waals surface area contributed by atoms with Gasteiger partial charge in [0.15, 0.2) is 5.43 Å². The highest BCUT2D eigenvalue weighted by Crippen LogP contribution is 2.22. The molecular weight excluding hydrogens is 513 g/mol. The average molecular weight is 537 g/mol. The molecule has 202 valence electrons. The van der Waals surface area contributed by atoms with E-state index in [9.17, 15) is 38.6 Å². The highest BCUT2D eigenvalue weighted by molar-refractivity contribution is 6.39. The van der Waals surface area contributed by atoms with Gasteiger partial charge in [-0.2, -0.15) is 0 Å². The number of pyridine rings is 1. The SMILES string of the molecule is CCOC(=O)C(=O)/C=C(\O)c1ccc2c(c1)c(=O)c(/C(O)=C/C(=O)C(=O)OCC)cn2Cc1ccc(F)cc1. The lowest BCUT2D eigenvalue weighted by atomic mass is 10.0. The summed E-state index contributed by atoms with van der Waals surface area (Å²) in [5.74, 6) is -6.58. The summed E-state index contributed by atoms with van der Waals surface area (Å²) in [6.07, 6.45) is 2.47. The van der Waals surface area contributed by atoms with E-state index in [0.29, 0.717) is 23.2 Å². The number of aromatic nitrogens is 1. The summed E-state index contributed by atoms with van der Waals surface area (Å²) in [7, 11) is 0. The molecule has 11 heteroatoms. The Balaban J connectivity index is 2.18. The van der Waals surface area contributed by atoms with Crippen LogP contribution in [0.4, 0.5) is 4.39 Å². The largest absolute Gasteiger partial charge is 0.507 e. The molecule has 0 fully saturated rings. The number of benzene rings is 2. The van der Waals surface area contributed by atoms with Crippen LogP contribution in [0.25, 0.3) is 22.4 Å². The van der Waals surface area contributed by atoms with E-state index < -0.39 is 46.3 Å². The molecule has 2 N–H and O–H groups in total. The second-order valence-electron chi connectivity index (χ2n) is 8.09. The first kappa shape index (κ1) is 28.5. The summed E-state index contributed by atoms with van der Waals surface area (Å²) in [5, 5.41) is 21.0. The maximum atomic E-state index is 13.4. The topological polar surface area (TPSA) is 149 Å². The molecule has 0 bridgehead atoms. The number of rotatable bonds is 10. The van der Waals surface area contributed by atoms with Crippen LogP contribution in [0.5, 0.6) is 0 Å². The molecule has 0 spiro atoms. The van der Waals surface area contributed by atoms with Crippen molar-refractivity contribution in [3.05, 3.63) is 93.5 Å². The quantitative estimate of drug-likeness (QED) is 0.172. The number of ketones is 2. The first-order valence-corrected chi connectivity index (χ1v) is 11.7. The molecule has 0 saturated heterocycles. The summed E-state index contributed by atoms with van der Waals surface area (Å²) in [6, 6.07) is 9.62. The van der Waals surface area contributed by atoms with Crippen molar-refractivity contribution >= 4 is 45.9 Å². The van der Waals surface area contributed by atoms with Gasteiger partial charge in [0.2, 0.25) is 0 Å². The number of halogens is 1. The lowest BCUT2D eigenvalue weighted by Crippen LogP contribution is -2.18. The van der Waals surface area contributed by atoms with Gasteiger partial charge in [-0.1, -0.05) is 12.1 Å². The van der Waals surface area contributed by atoms with Crippen molar-refractivity contribution in [2.24, 2.45) is 0 Å². The van der Waals surface area contributed by atoms with Crippen LogP contribution >= 0.6 is 0 Å². The van der Waals surface area contributed by atoms with E-state index in [-0.39, 0.29) is 36.3 Å². The van der Waals surface area contributed by atoms with Crippen molar-refractivity contribution in [1.82, 2.24) is 4.57 Å². The summed E-state index contributed by atoms with van der Waals surface area (Å²) < 4.78 is 24.1. The molecule has 0 aliphatic rings. The highest BCUT2D eigenvalue weighted by Gasteiger charge is 2.19. The van der Waals surface area contributed by atoms with E-state index in [0.717, 1.165) is 0 Å². The minimum absolute atomic E-state index is 0.00574. The maximum absolute atomic E-state index is 13.4. The number of hydrogen-bond donors (Lipinski definition) is 2. The molecule has 0 aliphatic carbocycles. The van der Waals surface area contributed by atoms with Crippen LogP contribution in [0.1, 0.15) is 30.5 Å². The summed E-state index contributed by atoms with van der Waals surface area (Å²) in [5.41, 5.74) is -0.174. The van der Waals surface area contributed by atoms with Gasteiger partial charge in [-0.05, 0) is 49.7 Å². The summed E-state index contributed by atoms with van der Waals surface area (Å²) >= 11 is 0. The van der Waals surface area contributed by atoms with Crippen molar-refractivity contribution in [2.45, 2.75) is 20.4 Å². The molecule has 1 heterocycles. The van der Waals surface area contributed by atoms with Gasteiger partial charge in [0.1, 0.15) is 17.3 Å². The minimum Gasteiger partial charge on any atom is -0.507 e. The first-order valence-electron chi connectivity index (χ1n) is 11.7. The van der Waals surface area contributed by atoms with Crippen LogP contribution in [-0.4, -0.2) is 51.5 Å². The molecule has 0 atom stereocenters. The molecule has 10 nitrogen and oxygen atoms in total. The van der Waals surface area contributed by atoms with Gasteiger partial charge in [0.05, 0.1) is 24.3 Å². The molecular formula is C28H24FNO9. The maximum Gasteiger partial charge on any atom is 0.379 e. The predicted molar refractivity (Wildman–Crippen MR) is 138 cm³/mol. The van der Waals surface area contributed by atoms with E-state index >= 15 is 0 Å². The van der Waals surface area contributed by atoms with E-state index in [1.807, 2.05) is 0 Å². The van der Waals surface area contributed by atoms with E-state index in [1.165, 1.54) is 67.1 Å². The molecule has 3 rings (SSSR count). The molecule has 2 aromatic carbocycles. The fourth-order valence-corrected chi connectivity index (χ4v) is 3.59. The Labute approximate surface area is 221 Å². The summed E-state index contributed by atoms with van der Waals surface area (Å²) in [4.78, 5) is 60.7. The third-order valence-corrected chi connectivity index (χ3v) is 5.41. The standard InChI is InChI=1S/C28H24FNO9/c1-3-38-27(36)24(33)12-22(31)17-7-10-21-19(11-17)26(35)20(23(32)13-25(34)28(37)39-4-2)15-30(21)14-16-5-8-18(29)9-6-16/h5-13,15,31-32H,3-4,14H2,1-2H3/b22-12-,23-13-. The highest BCUT2D eigenvalue weighted by atomic mass is 19.1. The number of ether oxygens (including phenoxy) is 2. The van der Waals surface area contributed by atoms with Crippen molar-refractivity contribution in [2.75, 3.05) is 13.2 Å². The molecule has 0 saturated carbocycles. The van der Waals surface area contributed by atoms with Crippen LogP contribution in [0, 0.1) is 5.82 Å². The monoisotopic (exact) mass is 537 g/mol. The van der Waals surface area contributed by atoms with Crippen molar-refractivity contribution < 1.29 is 43.3 Å². The molecule has 1 aromatic heterocycles. The van der Waals surface area contributed by atoms with Gasteiger partial charge < -0.3 is 24.3 Å². The Morgan fingerprint density at radius 1 is 0.872 bits per heavy atom. The van der Waals surface area contributed by atoms with Crippen LogP contribution < -0.4 is 5.43 Å². The fraction of sp³-hybridized carbons (Fsp3) is 0.179. The van der Waals surface area contributed by atoms with Gasteiger partial charge in [0, 0.05) is 35.8 Å². The zero-order valence-corrected chi connectivity index (χ0v) is 21.0. The van der Waals surface area contributed by atoms with Crippen molar-refractivity contribution in [3.8, 4) is 0 Å². The minimum atomic E-state index is -1.22. The molecule has 3 aromatic rings. The van der Waals surface area contributed by atoms with Gasteiger partial charge in [0.25, 0.3) is 11.6 Å². The number of esters is 2. The lowest BCUT2D eigenvalue weighted by molar-refractivity contribution is -0.151. The van der Waals surface area contributed by atoms with Crippen LogP contribution in [0.2, 0.25) is 0 Å². The number of hydrogen-bond acceptors (Lipinski definition) is 9. The Kier molecular flexibility index (Phi) is 9.11. The zero-order chi connectivity index (χ0) is 28.7. The van der Waals surface area contributed by atoms with E-state index in [4.69, 9.17) is 0 Å². The Hall–Kier alpha value is -5.06. The number of carbonyl (C=O) groups excluding carboxylic acids is 4. The van der Waals surface area contributed by atoms with Gasteiger partial charge in [-0.3, -0.25) is 14.4 Å². The normalized spacial score (nSPS) is 11.8. The number of fused-ring (bicyclic) bond motifs is 1. The first-order chi connectivity index (χ1) is 18.5. The van der Waals surface area contributed by atoms with Gasteiger partial charge >= 0.3 is 11.9 Å². The number of carbonyl (C=O) groups is 4. The Bertz CT molecular complexity index is 1570. The van der Waals surface area contributed by atoms with E-state index in [2.05, 4.69) is 9.47 Å². The molecule has 0 aliphatic heterocycles. The lowest BCUT2D eigenvalue weighted by Gasteiger charge is -2.15. The third-order valence-electron chi connectivity index (χ3n) is 5.41. The molecule has 0 radical (unpaired) electrons. The molecule has 0 amide bonds.